The zero-order valence-electron chi connectivity index (χ0n) is 10.5. The van der Waals surface area contributed by atoms with E-state index in [4.69, 9.17) is 5.73 Å². The summed E-state index contributed by atoms with van der Waals surface area (Å²) in [7, 11) is 0. The molecule has 0 bridgehead atoms. The van der Waals surface area contributed by atoms with Gasteiger partial charge in [-0.3, -0.25) is 9.59 Å². The molecule has 1 aromatic heterocycles. The van der Waals surface area contributed by atoms with Gasteiger partial charge in [0.2, 0.25) is 0 Å². The van der Waals surface area contributed by atoms with Gasteiger partial charge in [0.05, 0.1) is 5.69 Å². The van der Waals surface area contributed by atoms with Crippen LogP contribution >= 0.6 is 0 Å². The lowest BCUT2D eigenvalue weighted by molar-refractivity contribution is 0.0998. The predicted molar refractivity (Wildman–Crippen MR) is 76.3 cm³/mol. The fraction of sp³-hybridized carbons (Fsp3) is 0. The predicted octanol–water partition coefficient (Wildman–Crippen LogP) is 1.69. The van der Waals surface area contributed by atoms with E-state index in [1.165, 1.54) is 6.07 Å². The molecular formula is C15H11N3O2. The van der Waals surface area contributed by atoms with Crippen molar-refractivity contribution in [1.29, 1.82) is 0 Å². The van der Waals surface area contributed by atoms with Crippen LogP contribution < -0.4 is 11.3 Å². The molecule has 0 aliphatic carbocycles. The van der Waals surface area contributed by atoms with Crippen LogP contribution in [0.25, 0.3) is 22.0 Å². The number of carbonyl (C=O) groups is 1. The van der Waals surface area contributed by atoms with Crippen molar-refractivity contribution >= 4 is 16.7 Å². The molecule has 2 aromatic carbocycles. The molecule has 0 aliphatic heterocycles. The SMILES string of the molecule is NC(=O)c1cc(-c2ccc3ccccc3c2)n[nH]c1=O. The molecule has 0 saturated heterocycles. The highest BCUT2D eigenvalue weighted by atomic mass is 16.2. The number of nitrogens with zero attached hydrogens (tertiary/aromatic N) is 1. The minimum absolute atomic E-state index is 0.0943. The van der Waals surface area contributed by atoms with Crippen LogP contribution in [0.15, 0.2) is 53.3 Å². The molecule has 0 saturated carbocycles. The van der Waals surface area contributed by atoms with Crippen molar-refractivity contribution in [3.8, 4) is 11.3 Å². The molecule has 0 atom stereocenters. The van der Waals surface area contributed by atoms with E-state index in [0.717, 1.165) is 16.3 Å². The van der Waals surface area contributed by atoms with Crippen LogP contribution in [0.3, 0.4) is 0 Å². The van der Waals surface area contributed by atoms with Crippen molar-refractivity contribution in [3.63, 3.8) is 0 Å². The van der Waals surface area contributed by atoms with Gasteiger partial charge in [0.1, 0.15) is 5.56 Å². The highest BCUT2D eigenvalue weighted by Gasteiger charge is 2.10. The Kier molecular flexibility index (Phi) is 2.80. The lowest BCUT2D eigenvalue weighted by Crippen LogP contribution is -2.24. The molecule has 3 N–H and O–H groups in total. The summed E-state index contributed by atoms with van der Waals surface area (Å²) in [6.45, 7) is 0. The van der Waals surface area contributed by atoms with Gasteiger partial charge >= 0.3 is 0 Å². The van der Waals surface area contributed by atoms with Crippen LogP contribution in [0.1, 0.15) is 10.4 Å². The molecule has 5 nitrogen and oxygen atoms in total. The molecule has 5 heteroatoms. The molecular weight excluding hydrogens is 254 g/mol. The van der Waals surface area contributed by atoms with Crippen LogP contribution in [0.4, 0.5) is 0 Å². The van der Waals surface area contributed by atoms with Crippen LogP contribution in [0.5, 0.6) is 0 Å². The molecule has 0 aliphatic rings. The lowest BCUT2D eigenvalue weighted by Gasteiger charge is -2.04. The summed E-state index contributed by atoms with van der Waals surface area (Å²) in [6.07, 6.45) is 0. The van der Waals surface area contributed by atoms with E-state index >= 15 is 0 Å². The Labute approximate surface area is 114 Å². The van der Waals surface area contributed by atoms with Gasteiger partial charge in [0, 0.05) is 5.56 Å². The molecule has 0 spiro atoms. The number of nitrogens with one attached hydrogen (secondary N) is 1. The summed E-state index contributed by atoms with van der Waals surface area (Å²) in [5, 5.41) is 8.40. The monoisotopic (exact) mass is 265 g/mol. The number of H-pyrrole nitrogens is 1. The molecule has 0 radical (unpaired) electrons. The van der Waals surface area contributed by atoms with Crippen LogP contribution in [0, 0.1) is 0 Å². The normalized spacial score (nSPS) is 10.6. The Morgan fingerprint density at radius 1 is 1.05 bits per heavy atom. The minimum Gasteiger partial charge on any atom is -0.365 e. The standard InChI is InChI=1S/C15H11N3O2/c16-14(19)12-8-13(17-18-15(12)20)11-6-5-9-3-1-2-4-10(9)7-11/h1-8H,(H2,16,19)(H,18,20). The maximum Gasteiger partial charge on any atom is 0.277 e. The Morgan fingerprint density at radius 2 is 1.80 bits per heavy atom. The quantitative estimate of drug-likeness (QED) is 0.739. The molecule has 3 aromatic rings. The van der Waals surface area contributed by atoms with E-state index in [1.54, 1.807) is 0 Å². The fourth-order valence-electron chi connectivity index (χ4n) is 2.09. The molecule has 3 rings (SSSR count). The first kappa shape index (κ1) is 12.1. The van der Waals surface area contributed by atoms with Gasteiger partial charge in [-0.05, 0) is 22.9 Å². The molecule has 0 fully saturated rings. The maximum atomic E-state index is 11.4. The zero-order chi connectivity index (χ0) is 14.1. The maximum absolute atomic E-state index is 11.4. The number of rotatable bonds is 2. The van der Waals surface area contributed by atoms with Gasteiger partial charge < -0.3 is 5.73 Å². The van der Waals surface area contributed by atoms with Gasteiger partial charge in [0.15, 0.2) is 0 Å². The molecule has 98 valence electrons. The van der Waals surface area contributed by atoms with Crippen LogP contribution in [-0.4, -0.2) is 16.1 Å². The smallest absolute Gasteiger partial charge is 0.277 e. The van der Waals surface area contributed by atoms with Crippen molar-refractivity contribution in [1.82, 2.24) is 10.2 Å². The number of carbonyl (C=O) groups excluding carboxylic acids is 1. The van der Waals surface area contributed by atoms with Gasteiger partial charge in [-0.15, -0.1) is 0 Å². The first-order valence-electron chi connectivity index (χ1n) is 6.04. The number of aromatic amines is 1. The summed E-state index contributed by atoms with van der Waals surface area (Å²) in [4.78, 5) is 22.6. The molecule has 20 heavy (non-hydrogen) atoms. The summed E-state index contributed by atoms with van der Waals surface area (Å²) in [6, 6.07) is 15.1. The summed E-state index contributed by atoms with van der Waals surface area (Å²) >= 11 is 0. The zero-order valence-corrected chi connectivity index (χ0v) is 10.5. The average Bonchev–Trinajstić information content (AvgIpc) is 2.47. The van der Waals surface area contributed by atoms with Crippen LogP contribution in [-0.2, 0) is 0 Å². The number of hydrogen-bond acceptors (Lipinski definition) is 3. The second-order valence-electron chi connectivity index (χ2n) is 4.42. The van der Waals surface area contributed by atoms with Gasteiger partial charge in [-0.1, -0.05) is 36.4 Å². The Hall–Kier alpha value is -2.95. The summed E-state index contributed by atoms with van der Waals surface area (Å²) in [5.41, 5.74) is 5.80. The van der Waals surface area contributed by atoms with Crippen molar-refractivity contribution in [2.24, 2.45) is 5.73 Å². The van der Waals surface area contributed by atoms with Gasteiger partial charge in [-0.2, -0.15) is 5.10 Å². The van der Waals surface area contributed by atoms with E-state index < -0.39 is 11.5 Å². The van der Waals surface area contributed by atoms with Gasteiger partial charge in [0.25, 0.3) is 11.5 Å². The summed E-state index contributed by atoms with van der Waals surface area (Å²) < 4.78 is 0. The van der Waals surface area contributed by atoms with Crippen molar-refractivity contribution < 1.29 is 4.79 Å². The number of fused-ring (bicyclic) bond motifs is 1. The number of nitrogens with two attached hydrogens (primary N) is 1. The molecule has 0 unspecified atom stereocenters. The third-order valence-corrected chi connectivity index (χ3v) is 3.11. The minimum atomic E-state index is -0.768. The third-order valence-electron chi connectivity index (χ3n) is 3.11. The van der Waals surface area contributed by atoms with E-state index in [9.17, 15) is 9.59 Å². The first-order valence-corrected chi connectivity index (χ1v) is 6.04. The van der Waals surface area contributed by atoms with Crippen LogP contribution in [0.2, 0.25) is 0 Å². The van der Waals surface area contributed by atoms with Crippen molar-refractivity contribution in [3.05, 3.63) is 64.4 Å². The topological polar surface area (TPSA) is 88.8 Å². The Bertz CT molecular complexity index is 868. The van der Waals surface area contributed by atoms with E-state index in [0.29, 0.717) is 5.69 Å². The number of aromatic nitrogens is 2. The van der Waals surface area contributed by atoms with Crippen molar-refractivity contribution in [2.45, 2.75) is 0 Å². The number of benzene rings is 2. The highest BCUT2D eigenvalue weighted by molar-refractivity contribution is 5.93. The number of hydrogen-bond donors (Lipinski definition) is 2. The molecule has 1 heterocycles. The van der Waals surface area contributed by atoms with Gasteiger partial charge in [-0.25, -0.2) is 5.10 Å². The first-order chi connectivity index (χ1) is 9.65. The largest absolute Gasteiger partial charge is 0.365 e. The van der Waals surface area contributed by atoms with E-state index in [2.05, 4.69) is 10.2 Å². The fourth-order valence-corrected chi connectivity index (χ4v) is 2.09. The average molecular weight is 265 g/mol. The lowest BCUT2D eigenvalue weighted by atomic mass is 10.0. The Balaban J connectivity index is 2.18. The van der Waals surface area contributed by atoms with E-state index in [-0.39, 0.29) is 5.56 Å². The number of amides is 1. The molecule has 1 amide bonds. The van der Waals surface area contributed by atoms with E-state index in [1.807, 2.05) is 42.5 Å². The highest BCUT2D eigenvalue weighted by Crippen LogP contribution is 2.22. The van der Waals surface area contributed by atoms with Crippen molar-refractivity contribution in [2.75, 3.05) is 0 Å². The number of primary amides is 1. The second kappa shape index (κ2) is 4.62. The second-order valence-corrected chi connectivity index (χ2v) is 4.42. The third kappa shape index (κ3) is 2.05. The Morgan fingerprint density at radius 3 is 2.55 bits per heavy atom. The summed E-state index contributed by atoms with van der Waals surface area (Å²) in [5.74, 6) is -0.768.